The van der Waals surface area contributed by atoms with Gasteiger partial charge in [-0.05, 0) is 53.2 Å². The van der Waals surface area contributed by atoms with Gasteiger partial charge in [-0.3, -0.25) is 0 Å². The van der Waals surface area contributed by atoms with Crippen LogP contribution in [0, 0.1) is 18.6 Å². The predicted molar refractivity (Wildman–Crippen MR) is 78.6 cm³/mol. The molecule has 0 bridgehead atoms. The van der Waals surface area contributed by atoms with Crippen molar-refractivity contribution < 1.29 is 8.78 Å². The molecule has 0 amide bonds. The summed E-state index contributed by atoms with van der Waals surface area (Å²) >= 11 is 4.98. The molecular formula is C14H14BrF2NS. The summed E-state index contributed by atoms with van der Waals surface area (Å²) in [7, 11) is 0. The SMILES string of the molecule is CCNC(c1cc(Br)sc1C)c1c(F)cccc1F. The van der Waals surface area contributed by atoms with Crippen molar-refractivity contribution in [1.82, 2.24) is 5.32 Å². The molecule has 1 atom stereocenters. The summed E-state index contributed by atoms with van der Waals surface area (Å²) in [6.45, 7) is 4.50. The molecule has 0 radical (unpaired) electrons. The molecule has 0 saturated heterocycles. The van der Waals surface area contributed by atoms with E-state index in [2.05, 4.69) is 21.2 Å². The minimum absolute atomic E-state index is 0.0813. The fraction of sp³-hybridized carbons (Fsp3) is 0.286. The van der Waals surface area contributed by atoms with Gasteiger partial charge in [0.1, 0.15) is 11.6 Å². The molecule has 0 aliphatic rings. The van der Waals surface area contributed by atoms with Crippen LogP contribution in [-0.4, -0.2) is 6.54 Å². The first kappa shape index (κ1) is 14.6. The van der Waals surface area contributed by atoms with Crippen LogP contribution < -0.4 is 5.32 Å². The van der Waals surface area contributed by atoms with Crippen molar-refractivity contribution in [2.24, 2.45) is 0 Å². The van der Waals surface area contributed by atoms with E-state index in [1.807, 2.05) is 19.9 Å². The van der Waals surface area contributed by atoms with Crippen molar-refractivity contribution in [3.63, 3.8) is 0 Å². The standard InChI is InChI=1S/C14H14BrF2NS/c1-3-18-14(9-7-12(15)19-8(9)2)13-10(16)5-4-6-11(13)17/h4-7,14,18H,3H2,1-2H3. The number of hydrogen-bond donors (Lipinski definition) is 1. The molecule has 0 spiro atoms. The Bertz CT molecular complexity index is 563. The number of rotatable bonds is 4. The number of benzene rings is 1. The minimum Gasteiger partial charge on any atom is -0.306 e. The van der Waals surface area contributed by atoms with Crippen molar-refractivity contribution in [3.8, 4) is 0 Å². The number of halogens is 3. The predicted octanol–water partition coefficient (Wildman–Crippen LogP) is 4.80. The second-order valence-electron chi connectivity index (χ2n) is 4.19. The van der Waals surface area contributed by atoms with Crippen LogP contribution in [-0.2, 0) is 0 Å². The number of nitrogens with one attached hydrogen (secondary N) is 1. The molecule has 102 valence electrons. The van der Waals surface area contributed by atoms with E-state index in [4.69, 9.17) is 0 Å². The van der Waals surface area contributed by atoms with E-state index < -0.39 is 17.7 Å². The van der Waals surface area contributed by atoms with Crippen molar-refractivity contribution in [1.29, 1.82) is 0 Å². The normalized spacial score (nSPS) is 12.7. The molecule has 1 heterocycles. The highest BCUT2D eigenvalue weighted by Crippen LogP contribution is 2.35. The van der Waals surface area contributed by atoms with E-state index in [-0.39, 0.29) is 5.56 Å². The van der Waals surface area contributed by atoms with Crippen LogP contribution in [0.15, 0.2) is 28.1 Å². The van der Waals surface area contributed by atoms with Gasteiger partial charge < -0.3 is 5.32 Å². The summed E-state index contributed by atoms with van der Waals surface area (Å²) in [5.41, 5.74) is 0.987. The van der Waals surface area contributed by atoms with Crippen molar-refractivity contribution in [2.75, 3.05) is 6.54 Å². The van der Waals surface area contributed by atoms with Gasteiger partial charge in [0.15, 0.2) is 0 Å². The van der Waals surface area contributed by atoms with Gasteiger partial charge in [-0.25, -0.2) is 8.78 Å². The molecule has 1 aromatic carbocycles. The lowest BCUT2D eigenvalue weighted by molar-refractivity contribution is 0.510. The first-order valence-corrected chi connectivity index (χ1v) is 7.58. The number of hydrogen-bond acceptors (Lipinski definition) is 2. The van der Waals surface area contributed by atoms with Crippen LogP contribution in [0.1, 0.15) is 29.0 Å². The Hall–Kier alpha value is -0.780. The van der Waals surface area contributed by atoms with E-state index in [0.29, 0.717) is 6.54 Å². The van der Waals surface area contributed by atoms with Crippen molar-refractivity contribution in [2.45, 2.75) is 19.9 Å². The van der Waals surface area contributed by atoms with E-state index in [1.165, 1.54) is 18.2 Å². The summed E-state index contributed by atoms with van der Waals surface area (Å²) in [6.07, 6.45) is 0. The maximum Gasteiger partial charge on any atom is 0.131 e. The first-order valence-electron chi connectivity index (χ1n) is 5.97. The molecular weight excluding hydrogens is 332 g/mol. The van der Waals surface area contributed by atoms with Crippen LogP contribution in [0.2, 0.25) is 0 Å². The molecule has 0 aliphatic carbocycles. The van der Waals surface area contributed by atoms with Gasteiger partial charge in [0.25, 0.3) is 0 Å². The fourth-order valence-electron chi connectivity index (χ4n) is 2.10. The lowest BCUT2D eigenvalue weighted by Crippen LogP contribution is -2.24. The third kappa shape index (κ3) is 3.04. The van der Waals surface area contributed by atoms with Gasteiger partial charge in [0.05, 0.1) is 9.83 Å². The Kier molecular flexibility index (Phi) is 4.71. The summed E-state index contributed by atoms with van der Waals surface area (Å²) in [6, 6.07) is 5.42. The molecule has 0 aliphatic heterocycles. The third-order valence-electron chi connectivity index (χ3n) is 2.93. The van der Waals surface area contributed by atoms with Crippen LogP contribution in [0.3, 0.4) is 0 Å². The van der Waals surface area contributed by atoms with Gasteiger partial charge in [-0.2, -0.15) is 0 Å². The highest BCUT2D eigenvalue weighted by atomic mass is 79.9. The average molecular weight is 346 g/mol. The van der Waals surface area contributed by atoms with Crippen molar-refractivity contribution in [3.05, 3.63) is 55.7 Å². The Labute approximate surface area is 123 Å². The summed E-state index contributed by atoms with van der Waals surface area (Å²) in [5.74, 6) is -1.04. The van der Waals surface area contributed by atoms with Crippen LogP contribution in [0.4, 0.5) is 8.78 Å². The lowest BCUT2D eigenvalue weighted by Gasteiger charge is -2.19. The van der Waals surface area contributed by atoms with E-state index in [0.717, 1.165) is 14.2 Å². The van der Waals surface area contributed by atoms with Gasteiger partial charge >= 0.3 is 0 Å². The second-order valence-corrected chi connectivity index (χ2v) is 6.82. The van der Waals surface area contributed by atoms with Gasteiger partial charge in [-0.1, -0.05) is 13.0 Å². The van der Waals surface area contributed by atoms with Crippen molar-refractivity contribution >= 4 is 27.3 Å². The van der Waals surface area contributed by atoms with Crippen LogP contribution in [0.5, 0.6) is 0 Å². The molecule has 19 heavy (non-hydrogen) atoms. The average Bonchev–Trinajstić information content (AvgIpc) is 2.67. The Morgan fingerprint density at radius 1 is 1.32 bits per heavy atom. The minimum atomic E-state index is -0.521. The Balaban J connectivity index is 2.54. The zero-order valence-electron chi connectivity index (χ0n) is 10.6. The molecule has 1 unspecified atom stereocenters. The second kappa shape index (κ2) is 6.11. The summed E-state index contributed by atoms with van der Waals surface area (Å²) < 4.78 is 28.9. The molecule has 2 rings (SSSR count). The topological polar surface area (TPSA) is 12.0 Å². The van der Waals surface area contributed by atoms with E-state index in [1.54, 1.807) is 11.3 Å². The highest BCUT2D eigenvalue weighted by molar-refractivity contribution is 9.11. The molecule has 2 aromatic rings. The van der Waals surface area contributed by atoms with Gasteiger partial charge in [0.2, 0.25) is 0 Å². The van der Waals surface area contributed by atoms with Gasteiger partial charge in [0, 0.05) is 10.4 Å². The fourth-order valence-corrected chi connectivity index (χ4v) is 3.85. The van der Waals surface area contributed by atoms with E-state index in [9.17, 15) is 8.78 Å². The molecule has 5 heteroatoms. The maximum atomic E-state index is 14.0. The highest BCUT2D eigenvalue weighted by Gasteiger charge is 2.23. The van der Waals surface area contributed by atoms with Crippen LogP contribution >= 0.6 is 27.3 Å². The van der Waals surface area contributed by atoms with Gasteiger partial charge in [-0.15, -0.1) is 11.3 Å². The summed E-state index contributed by atoms with van der Waals surface area (Å²) in [5, 5.41) is 3.16. The first-order chi connectivity index (χ1) is 9.04. The summed E-state index contributed by atoms with van der Waals surface area (Å²) in [4.78, 5) is 1.04. The van der Waals surface area contributed by atoms with E-state index >= 15 is 0 Å². The Morgan fingerprint density at radius 2 is 1.95 bits per heavy atom. The number of aryl methyl sites for hydroxylation is 1. The Morgan fingerprint density at radius 3 is 2.42 bits per heavy atom. The van der Waals surface area contributed by atoms with Crippen LogP contribution in [0.25, 0.3) is 0 Å². The smallest absolute Gasteiger partial charge is 0.131 e. The zero-order chi connectivity index (χ0) is 14.0. The monoisotopic (exact) mass is 345 g/mol. The lowest BCUT2D eigenvalue weighted by atomic mass is 9.98. The third-order valence-corrected chi connectivity index (χ3v) is 4.50. The molecule has 1 nitrogen and oxygen atoms in total. The largest absolute Gasteiger partial charge is 0.306 e. The molecule has 1 aromatic heterocycles. The number of thiophene rings is 1. The quantitative estimate of drug-likeness (QED) is 0.839. The molecule has 0 fully saturated rings. The molecule has 1 N–H and O–H groups in total. The molecule has 0 saturated carbocycles. The zero-order valence-corrected chi connectivity index (χ0v) is 13.0. The maximum absolute atomic E-state index is 14.0.